The minimum Gasteiger partial charge on any atom is -0.504 e. The van der Waals surface area contributed by atoms with Crippen LogP contribution in [0.3, 0.4) is 0 Å². The number of hydrogen-bond donors (Lipinski definition) is 1. The van der Waals surface area contributed by atoms with Gasteiger partial charge >= 0.3 is 0 Å². The molecule has 1 N–H and O–H groups in total. The summed E-state index contributed by atoms with van der Waals surface area (Å²) in [6.07, 6.45) is 7.55. The summed E-state index contributed by atoms with van der Waals surface area (Å²) < 4.78 is 16.5. The molecule has 1 saturated heterocycles. The number of benzene rings is 3. The first-order valence-electron chi connectivity index (χ1n) is 16.7. The zero-order chi connectivity index (χ0) is 35.3. The summed E-state index contributed by atoms with van der Waals surface area (Å²) in [5.41, 5.74) is 4.32. The lowest BCUT2D eigenvalue weighted by atomic mass is 9.59. The topological polar surface area (TPSA) is 119 Å². The van der Waals surface area contributed by atoms with Crippen molar-refractivity contribution >= 4 is 41.2 Å². The summed E-state index contributed by atoms with van der Waals surface area (Å²) in [7, 11) is 3.20. The van der Waals surface area contributed by atoms with Gasteiger partial charge in [-0.1, -0.05) is 48.1 Å². The highest BCUT2D eigenvalue weighted by Gasteiger charge is 2.56. The summed E-state index contributed by atoms with van der Waals surface area (Å²) in [5, 5.41) is 11.4. The van der Waals surface area contributed by atoms with Gasteiger partial charge in [-0.15, -0.1) is 0 Å². The van der Waals surface area contributed by atoms with E-state index < -0.39 is 23.7 Å². The van der Waals surface area contributed by atoms with Gasteiger partial charge in [-0.3, -0.25) is 24.1 Å². The molecule has 4 aliphatic rings. The number of imide groups is 1. The van der Waals surface area contributed by atoms with Crippen molar-refractivity contribution in [3.8, 4) is 23.0 Å². The maximum Gasteiger partial charge on any atom is 0.238 e. The number of ether oxygens (including phenoxy) is 3. The number of carbonyl (C=O) groups is 4. The van der Waals surface area contributed by atoms with E-state index in [1.165, 1.54) is 11.0 Å². The molecule has 4 atom stereocenters. The zero-order valence-corrected chi connectivity index (χ0v) is 28.3. The molecule has 7 rings (SSSR count). The summed E-state index contributed by atoms with van der Waals surface area (Å²) in [4.78, 5) is 56.8. The lowest BCUT2D eigenvalue weighted by molar-refractivity contribution is -0.123. The number of nitrogens with zero attached hydrogens (tertiary/aromatic N) is 1. The SMILES string of the molecule is CCOc1cccc([C@H]2C3=CC[C@@H]4C(=O)N(c5ccc(C=Cc6cc(OC)ccc6OC)cc5)C(=O)[C@@H]4[C@@H]3CC3=C2C(=O)C=C(C)C3=O)c1O. The van der Waals surface area contributed by atoms with E-state index >= 15 is 0 Å². The average molecular weight is 672 g/mol. The number of carbonyl (C=O) groups excluding carboxylic acids is 4. The summed E-state index contributed by atoms with van der Waals surface area (Å²) >= 11 is 0. The Labute approximate surface area is 290 Å². The fraction of sp³-hybridized carbons (Fsp3) is 0.268. The van der Waals surface area contributed by atoms with Crippen LogP contribution < -0.4 is 19.1 Å². The van der Waals surface area contributed by atoms with E-state index in [-0.39, 0.29) is 41.3 Å². The van der Waals surface area contributed by atoms with Crippen molar-refractivity contribution in [3.63, 3.8) is 0 Å². The number of allylic oxidation sites excluding steroid dienone is 6. The number of phenols is 1. The lowest BCUT2D eigenvalue weighted by Gasteiger charge is -2.42. The van der Waals surface area contributed by atoms with E-state index in [0.717, 1.165) is 16.7 Å². The number of anilines is 1. The third-order valence-corrected chi connectivity index (χ3v) is 10.2. The molecule has 9 heteroatoms. The largest absolute Gasteiger partial charge is 0.504 e. The molecule has 50 heavy (non-hydrogen) atoms. The molecule has 0 saturated carbocycles. The molecule has 2 amide bonds. The first-order valence-corrected chi connectivity index (χ1v) is 16.7. The lowest BCUT2D eigenvalue weighted by Crippen LogP contribution is -2.39. The molecule has 0 spiro atoms. The Morgan fingerprint density at radius 3 is 2.40 bits per heavy atom. The standard InChI is InChI=1S/C41H37NO8/c1-5-50-34-8-6-7-28(39(34)45)35-27-16-17-29-36(30(27)21-31-37(35)32(43)19-22(2)38(31)44)41(47)42(40(29)46)25-13-10-23(11-14-25)9-12-24-20-26(48-3)15-18-33(24)49-4/h6-16,18-20,29-30,35-36,45H,5,17,21H2,1-4H3/t29-,30+,35+,36-/m0/s1. The monoisotopic (exact) mass is 671 g/mol. The van der Waals surface area contributed by atoms with Crippen LogP contribution in [0.15, 0.2) is 95.1 Å². The molecule has 0 bridgehead atoms. The Kier molecular flexibility index (Phi) is 8.51. The molecule has 0 aromatic heterocycles. The third kappa shape index (κ3) is 5.33. The van der Waals surface area contributed by atoms with Crippen LogP contribution >= 0.6 is 0 Å². The number of amides is 2. The number of methoxy groups -OCH3 is 2. The smallest absolute Gasteiger partial charge is 0.238 e. The minimum absolute atomic E-state index is 0.115. The molecule has 3 aliphatic carbocycles. The predicted molar refractivity (Wildman–Crippen MR) is 188 cm³/mol. The van der Waals surface area contributed by atoms with Crippen LogP contribution in [0.2, 0.25) is 0 Å². The van der Waals surface area contributed by atoms with Crippen LogP contribution in [0.4, 0.5) is 5.69 Å². The maximum atomic E-state index is 14.3. The molecule has 1 fully saturated rings. The number of aromatic hydroxyl groups is 1. The van der Waals surface area contributed by atoms with Gasteiger partial charge in [0.2, 0.25) is 11.8 Å². The molecular weight excluding hydrogens is 634 g/mol. The predicted octanol–water partition coefficient (Wildman–Crippen LogP) is 6.61. The van der Waals surface area contributed by atoms with Crippen molar-refractivity contribution in [3.05, 3.63) is 112 Å². The van der Waals surface area contributed by atoms with Gasteiger partial charge < -0.3 is 19.3 Å². The first-order chi connectivity index (χ1) is 24.2. The number of rotatable bonds is 8. The number of fused-ring (bicyclic) bond motifs is 3. The van der Waals surface area contributed by atoms with Crippen LogP contribution in [0, 0.1) is 17.8 Å². The molecule has 0 unspecified atom stereocenters. The molecular formula is C41H37NO8. The van der Waals surface area contributed by atoms with Gasteiger partial charge in [0.25, 0.3) is 0 Å². The number of Topliss-reactive ketones (excluding diaryl/α,β-unsaturated/α-hetero) is 1. The molecule has 9 nitrogen and oxygen atoms in total. The molecule has 0 radical (unpaired) electrons. The van der Waals surface area contributed by atoms with E-state index in [0.29, 0.717) is 52.5 Å². The second-order valence-electron chi connectivity index (χ2n) is 12.9. The highest BCUT2D eigenvalue weighted by Crippen LogP contribution is 2.57. The van der Waals surface area contributed by atoms with E-state index in [9.17, 15) is 24.3 Å². The summed E-state index contributed by atoms with van der Waals surface area (Å²) in [5.74, 6) is -2.26. The Hall–Kier alpha value is -5.70. The average Bonchev–Trinajstić information content (AvgIpc) is 3.39. The molecule has 1 aliphatic heterocycles. The van der Waals surface area contributed by atoms with Gasteiger partial charge in [0, 0.05) is 33.8 Å². The van der Waals surface area contributed by atoms with Crippen molar-refractivity contribution in [2.45, 2.75) is 32.6 Å². The van der Waals surface area contributed by atoms with Crippen LogP contribution in [-0.4, -0.2) is 49.3 Å². The van der Waals surface area contributed by atoms with Gasteiger partial charge in [-0.25, -0.2) is 0 Å². The fourth-order valence-electron chi connectivity index (χ4n) is 7.93. The summed E-state index contributed by atoms with van der Waals surface area (Å²) in [6, 6.07) is 17.8. The Bertz CT molecular complexity index is 2070. The second-order valence-corrected chi connectivity index (χ2v) is 12.9. The van der Waals surface area contributed by atoms with Crippen molar-refractivity contribution < 1.29 is 38.5 Å². The van der Waals surface area contributed by atoms with E-state index in [4.69, 9.17) is 14.2 Å². The Morgan fingerprint density at radius 1 is 0.900 bits per heavy atom. The van der Waals surface area contributed by atoms with Crippen LogP contribution in [0.5, 0.6) is 23.0 Å². The van der Waals surface area contributed by atoms with Crippen molar-refractivity contribution in [1.82, 2.24) is 0 Å². The number of hydrogen-bond acceptors (Lipinski definition) is 8. The van der Waals surface area contributed by atoms with Gasteiger partial charge in [0.05, 0.1) is 38.3 Å². The second kappa shape index (κ2) is 13.0. The summed E-state index contributed by atoms with van der Waals surface area (Å²) in [6.45, 7) is 3.74. The van der Waals surface area contributed by atoms with E-state index in [2.05, 4.69) is 0 Å². The van der Waals surface area contributed by atoms with E-state index in [1.54, 1.807) is 51.5 Å². The highest BCUT2D eigenvalue weighted by atomic mass is 16.5. The van der Waals surface area contributed by atoms with Crippen LogP contribution in [0.25, 0.3) is 12.2 Å². The Balaban J connectivity index is 1.22. The molecule has 3 aromatic rings. The van der Waals surface area contributed by atoms with Crippen LogP contribution in [-0.2, 0) is 19.2 Å². The maximum absolute atomic E-state index is 14.3. The number of para-hydroxylation sites is 1. The number of ketones is 2. The van der Waals surface area contributed by atoms with Gasteiger partial charge in [0.1, 0.15) is 11.5 Å². The first kappa shape index (κ1) is 32.8. The van der Waals surface area contributed by atoms with Gasteiger partial charge in [-0.05, 0) is 80.6 Å². The van der Waals surface area contributed by atoms with Crippen molar-refractivity contribution in [2.75, 3.05) is 25.7 Å². The third-order valence-electron chi connectivity index (χ3n) is 10.2. The van der Waals surface area contributed by atoms with Crippen LogP contribution in [0.1, 0.15) is 49.3 Å². The Morgan fingerprint density at radius 2 is 1.68 bits per heavy atom. The highest BCUT2D eigenvalue weighted by molar-refractivity contribution is 6.25. The fourth-order valence-corrected chi connectivity index (χ4v) is 7.93. The normalized spacial score (nSPS) is 23.0. The van der Waals surface area contributed by atoms with Gasteiger partial charge in [-0.2, -0.15) is 0 Å². The molecule has 1 heterocycles. The van der Waals surface area contributed by atoms with Crippen molar-refractivity contribution in [1.29, 1.82) is 0 Å². The number of phenolic OH excluding ortho intramolecular Hbond substituents is 1. The zero-order valence-electron chi connectivity index (χ0n) is 28.3. The minimum atomic E-state index is -0.767. The van der Waals surface area contributed by atoms with Crippen molar-refractivity contribution in [2.24, 2.45) is 17.8 Å². The molecule has 3 aromatic carbocycles. The van der Waals surface area contributed by atoms with E-state index in [1.807, 2.05) is 55.5 Å². The molecule has 254 valence electrons. The quantitative estimate of drug-likeness (QED) is 0.123. The van der Waals surface area contributed by atoms with Gasteiger partial charge in [0.15, 0.2) is 23.1 Å².